The number of allylic oxidation sites excluding steroid dienone is 1. The third-order valence-electron chi connectivity index (χ3n) is 10.9. The first kappa shape index (κ1) is 35.9. The highest BCUT2D eigenvalue weighted by Crippen LogP contribution is 2.51. The first-order chi connectivity index (χ1) is 23.8. The van der Waals surface area contributed by atoms with Crippen molar-refractivity contribution in [1.82, 2.24) is 0 Å². The Morgan fingerprint density at radius 2 is 1.70 bits per heavy atom. The van der Waals surface area contributed by atoms with Crippen molar-refractivity contribution >= 4 is 22.9 Å². The van der Waals surface area contributed by atoms with E-state index < -0.39 is 29.4 Å². The van der Waals surface area contributed by atoms with Gasteiger partial charge in [-0.2, -0.15) is 0 Å². The Labute approximate surface area is 295 Å². The molecule has 3 aromatic rings. The van der Waals surface area contributed by atoms with Gasteiger partial charge in [0, 0.05) is 30.1 Å². The predicted molar refractivity (Wildman–Crippen MR) is 192 cm³/mol. The molecular formula is C42H52O8. The quantitative estimate of drug-likeness (QED) is 0.150. The molecule has 4 unspecified atom stereocenters. The summed E-state index contributed by atoms with van der Waals surface area (Å²) in [7, 11) is 1.58. The van der Waals surface area contributed by atoms with Gasteiger partial charge in [0.25, 0.3) is 0 Å². The van der Waals surface area contributed by atoms with Crippen LogP contribution in [-0.4, -0.2) is 37.4 Å². The van der Waals surface area contributed by atoms with Crippen LogP contribution < -0.4 is 10.4 Å². The molecule has 3 aliphatic heterocycles. The number of rotatable bonds is 5. The van der Waals surface area contributed by atoms with Gasteiger partial charge in [0.2, 0.25) is 0 Å². The Balaban J connectivity index is 1.47. The molecule has 1 spiro atoms. The molecule has 0 saturated heterocycles. The van der Waals surface area contributed by atoms with E-state index in [0.717, 1.165) is 43.2 Å². The van der Waals surface area contributed by atoms with Crippen molar-refractivity contribution in [3.05, 3.63) is 86.3 Å². The van der Waals surface area contributed by atoms with Crippen molar-refractivity contribution < 1.29 is 33.0 Å². The third kappa shape index (κ3) is 7.56. The number of esters is 2. The minimum atomic E-state index is -1.08. The summed E-state index contributed by atoms with van der Waals surface area (Å²) < 4.78 is 30.6. The number of fused-ring (bicyclic) bond motifs is 11. The summed E-state index contributed by atoms with van der Waals surface area (Å²) in [6.07, 6.45) is 4.57. The van der Waals surface area contributed by atoms with Crippen LogP contribution in [0, 0.1) is 17.3 Å². The van der Waals surface area contributed by atoms with Gasteiger partial charge in [-0.25, -0.2) is 9.59 Å². The molecule has 7 rings (SSSR count). The van der Waals surface area contributed by atoms with E-state index >= 15 is 0 Å². The molecule has 1 saturated carbocycles. The van der Waals surface area contributed by atoms with E-state index in [9.17, 15) is 14.4 Å². The Kier molecular flexibility index (Phi) is 10.3. The van der Waals surface area contributed by atoms with E-state index in [1.165, 1.54) is 5.56 Å². The lowest BCUT2D eigenvalue weighted by atomic mass is 9.76. The zero-order valence-corrected chi connectivity index (χ0v) is 30.7. The topological polar surface area (TPSA) is 101 Å². The zero-order valence-electron chi connectivity index (χ0n) is 30.7. The molecule has 0 radical (unpaired) electrons. The number of ether oxygens (including phenoxy) is 4. The number of carbonyl (C=O) groups excluding carboxylic acids is 2. The predicted octanol–water partition coefficient (Wildman–Crippen LogP) is 8.40. The van der Waals surface area contributed by atoms with Gasteiger partial charge in [-0.15, -0.1) is 0 Å². The molecule has 1 fully saturated rings. The number of carbonyl (C=O) groups is 2. The average molecular weight is 685 g/mol. The summed E-state index contributed by atoms with van der Waals surface area (Å²) >= 11 is 0. The van der Waals surface area contributed by atoms with Gasteiger partial charge in [0.05, 0.1) is 18.6 Å². The smallest absolute Gasteiger partial charge is 0.339 e. The van der Waals surface area contributed by atoms with Gasteiger partial charge < -0.3 is 23.4 Å². The third-order valence-corrected chi connectivity index (χ3v) is 10.9. The molecule has 0 amide bonds. The standard InChI is InChI=1S/C42H52O8/c1-25(2)20-29-16-18-42(23-29)22-28-10-8-27(9-11-28)12-14-32(26(3)4)40(45)49-38-37(47-34(43)24-42)35-33(50-41(38,5)6)15-13-30-21-31(17-19-46-7)39(44)48-36(30)35/h8-11,13,15,21,25,29,37-38H,12,14,16-20,22-24H2,1-7H3. The summed E-state index contributed by atoms with van der Waals surface area (Å²) in [4.78, 5) is 41.7. The van der Waals surface area contributed by atoms with Gasteiger partial charge >= 0.3 is 17.6 Å². The fourth-order valence-electron chi connectivity index (χ4n) is 8.49. The normalized spacial score (nSPS) is 25.3. The van der Waals surface area contributed by atoms with Crippen LogP contribution in [0.4, 0.5) is 0 Å². The highest BCUT2D eigenvalue weighted by atomic mass is 16.6. The summed E-state index contributed by atoms with van der Waals surface area (Å²) in [5.41, 5.74) is 3.06. The number of hydrogen-bond acceptors (Lipinski definition) is 8. The Bertz CT molecular complexity index is 1830. The molecular weight excluding hydrogens is 632 g/mol. The molecule has 50 heavy (non-hydrogen) atoms. The van der Waals surface area contributed by atoms with Gasteiger partial charge in [-0.3, -0.25) is 4.79 Å². The lowest BCUT2D eigenvalue weighted by Gasteiger charge is -2.43. The van der Waals surface area contributed by atoms with E-state index in [4.69, 9.17) is 23.4 Å². The fraction of sp³-hybridized carbons (Fsp3) is 0.548. The maximum atomic E-state index is 14.4. The molecule has 0 N–H and O–H groups in total. The SMILES string of the molecule is COCCc1cc2ccc3c(c2oc1=O)C1OC(=O)CC2(CCC(CC(C)C)C2)Cc2ccc(cc2)CCC(=C(C)C)C(=O)OC1C(C)(C)O3. The van der Waals surface area contributed by atoms with Crippen LogP contribution in [0.1, 0.15) is 108 Å². The van der Waals surface area contributed by atoms with Crippen LogP contribution in [0.2, 0.25) is 0 Å². The molecule has 4 aliphatic rings. The van der Waals surface area contributed by atoms with Crippen molar-refractivity contribution in [2.75, 3.05) is 13.7 Å². The van der Waals surface area contributed by atoms with Crippen LogP contribution >= 0.6 is 0 Å². The maximum Gasteiger partial charge on any atom is 0.339 e. The lowest BCUT2D eigenvalue weighted by molar-refractivity contribution is -0.189. The van der Waals surface area contributed by atoms with Crippen molar-refractivity contribution in [3.8, 4) is 5.75 Å². The highest BCUT2D eigenvalue weighted by molar-refractivity contribution is 5.90. The minimum absolute atomic E-state index is 0.228. The van der Waals surface area contributed by atoms with Crippen LogP contribution in [0.5, 0.6) is 5.75 Å². The minimum Gasteiger partial charge on any atom is -0.483 e. The van der Waals surface area contributed by atoms with Crippen LogP contribution in [0.25, 0.3) is 11.0 Å². The molecule has 1 aromatic heterocycles. The van der Waals surface area contributed by atoms with E-state index in [1.54, 1.807) is 13.2 Å². The lowest BCUT2D eigenvalue weighted by Crippen LogP contribution is -2.52. The zero-order chi connectivity index (χ0) is 35.8. The first-order valence-corrected chi connectivity index (χ1v) is 18.2. The fourth-order valence-corrected chi connectivity index (χ4v) is 8.49. The van der Waals surface area contributed by atoms with Gasteiger partial charge in [0.1, 0.15) is 16.9 Å². The highest BCUT2D eigenvalue weighted by Gasteiger charge is 2.51. The van der Waals surface area contributed by atoms with Crippen molar-refractivity contribution in [2.45, 2.75) is 117 Å². The molecule has 4 heterocycles. The molecule has 8 heteroatoms. The Morgan fingerprint density at radius 3 is 2.40 bits per heavy atom. The summed E-state index contributed by atoms with van der Waals surface area (Å²) in [5, 5.41) is 0.655. The molecule has 268 valence electrons. The second kappa shape index (κ2) is 14.4. The van der Waals surface area contributed by atoms with Crippen molar-refractivity contribution in [2.24, 2.45) is 17.3 Å². The van der Waals surface area contributed by atoms with Gasteiger partial charge in [0.15, 0.2) is 12.2 Å². The molecule has 8 nitrogen and oxygen atoms in total. The van der Waals surface area contributed by atoms with Gasteiger partial charge in [-0.1, -0.05) is 43.7 Å². The number of hydrogen-bond donors (Lipinski definition) is 0. The van der Waals surface area contributed by atoms with Gasteiger partial charge in [-0.05, 0) is 119 Å². The molecule has 2 aromatic carbocycles. The van der Waals surface area contributed by atoms with Crippen LogP contribution in [-0.2, 0) is 43.1 Å². The summed E-state index contributed by atoms with van der Waals surface area (Å²) in [6.45, 7) is 12.4. The van der Waals surface area contributed by atoms with Crippen LogP contribution in [0.15, 0.2) is 62.8 Å². The summed E-state index contributed by atoms with van der Waals surface area (Å²) in [6, 6.07) is 14.1. The Hall–Kier alpha value is -3.91. The number of aryl methyl sites for hydroxylation is 1. The Morgan fingerprint density at radius 1 is 0.960 bits per heavy atom. The second-order valence-corrected chi connectivity index (χ2v) is 16.0. The van der Waals surface area contributed by atoms with E-state index in [0.29, 0.717) is 65.5 Å². The largest absolute Gasteiger partial charge is 0.483 e. The molecule has 2 bridgehead atoms. The number of benzene rings is 2. The first-order valence-electron chi connectivity index (χ1n) is 18.2. The maximum absolute atomic E-state index is 14.4. The second-order valence-electron chi connectivity index (χ2n) is 16.0. The van der Waals surface area contributed by atoms with E-state index in [2.05, 4.69) is 38.1 Å². The van der Waals surface area contributed by atoms with Crippen molar-refractivity contribution in [3.63, 3.8) is 0 Å². The molecule has 1 aliphatic carbocycles. The van der Waals surface area contributed by atoms with Crippen molar-refractivity contribution in [1.29, 1.82) is 0 Å². The molecule has 4 atom stereocenters. The monoisotopic (exact) mass is 684 g/mol. The van der Waals surface area contributed by atoms with E-state index in [1.807, 2.05) is 39.8 Å². The van der Waals surface area contributed by atoms with E-state index in [-0.39, 0.29) is 23.4 Å². The van der Waals surface area contributed by atoms with Crippen LogP contribution in [0.3, 0.4) is 0 Å². The average Bonchev–Trinajstić information content (AvgIpc) is 3.42. The summed E-state index contributed by atoms with van der Waals surface area (Å²) in [5.74, 6) is 0.688. The number of methoxy groups -OCH3 is 1.